The molecule has 9 heteroatoms. The van der Waals surface area contributed by atoms with E-state index in [1.807, 2.05) is 30.3 Å². The van der Waals surface area contributed by atoms with Gasteiger partial charge in [-0.15, -0.1) is 0 Å². The van der Waals surface area contributed by atoms with E-state index in [1.54, 1.807) is 6.20 Å². The molecule has 3 aliphatic rings. The van der Waals surface area contributed by atoms with Gasteiger partial charge in [-0.3, -0.25) is 4.79 Å². The second kappa shape index (κ2) is 10.7. The molecule has 2 aliphatic heterocycles. The largest absolute Gasteiger partial charge is 0.490 e. The van der Waals surface area contributed by atoms with E-state index in [0.29, 0.717) is 57.1 Å². The molecule has 1 amide bonds. The quantitative estimate of drug-likeness (QED) is 0.410. The Hall–Kier alpha value is -4.14. The van der Waals surface area contributed by atoms with Crippen molar-refractivity contribution in [2.24, 2.45) is 5.41 Å². The van der Waals surface area contributed by atoms with Crippen LogP contribution in [0, 0.1) is 5.41 Å². The van der Waals surface area contributed by atoms with Gasteiger partial charge in [-0.1, -0.05) is 38.1 Å². The molecule has 1 saturated carbocycles. The normalized spacial score (nSPS) is 18.5. The number of rotatable bonds is 8. The van der Waals surface area contributed by atoms with E-state index in [0.717, 1.165) is 30.3 Å². The van der Waals surface area contributed by atoms with Crippen LogP contribution in [0.2, 0.25) is 0 Å². The van der Waals surface area contributed by atoms with Crippen LogP contribution in [0.5, 0.6) is 11.5 Å². The molecule has 3 fully saturated rings. The van der Waals surface area contributed by atoms with Crippen molar-refractivity contribution >= 4 is 17.8 Å². The molecule has 0 atom stereocenters. The highest BCUT2D eigenvalue weighted by atomic mass is 16.5. The van der Waals surface area contributed by atoms with E-state index in [1.165, 1.54) is 16.0 Å². The molecule has 1 aliphatic carbocycles. The van der Waals surface area contributed by atoms with Crippen molar-refractivity contribution in [1.82, 2.24) is 14.9 Å². The van der Waals surface area contributed by atoms with E-state index in [9.17, 15) is 9.59 Å². The van der Waals surface area contributed by atoms with Crippen molar-refractivity contribution in [3.63, 3.8) is 0 Å². The summed E-state index contributed by atoms with van der Waals surface area (Å²) < 4.78 is 12.2. The third-order valence-corrected chi connectivity index (χ3v) is 8.73. The molecule has 0 bridgehead atoms. The van der Waals surface area contributed by atoms with Crippen molar-refractivity contribution in [3.8, 4) is 11.5 Å². The molecular weight excluding hydrogens is 520 g/mol. The number of Topliss-reactive ketones (excluding diaryl/α,β-unsaturated/α-hetero) is 1. The number of likely N-dealkylation sites (tertiary alicyclic amines) is 1. The van der Waals surface area contributed by atoms with Gasteiger partial charge < -0.3 is 24.4 Å². The van der Waals surface area contributed by atoms with Gasteiger partial charge in [0.05, 0.1) is 5.69 Å². The van der Waals surface area contributed by atoms with E-state index >= 15 is 0 Å². The number of hydrogen-bond donors (Lipinski definition) is 1. The number of aromatic nitrogens is 2. The SMILES string of the molecule is CC(C)(c1ccc(OCc2ccnc(N3CC4(CC(=O)C4)C3)n2)cc1)c1ccc(OC2CCN(C(=O)O)CC2)cc1. The van der Waals surface area contributed by atoms with Crippen LogP contribution in [0.1, 0.15) is 56.4 Å². The van der Waals surface area contributed by atoms with Crippen LogP contribution in [0.4, 0.5) is 10.7 Å². The van der Waals surface area contributed by atoms with Crippen molar-refractivity contribution in [2.75, 3.05) is 31.1 Å². The number of ether oxygens (including phenoxy) is 2. The summed E-state index contributed by atoms with van der Waals surface area (Å²) in [6, 6.07) is 18.3. The predicted molar refractivity (Wildman–Crippen MR) is 154 cm³/mol. The highest BCUT2D eigenvalue weighted by molar-refractivity contribution is 5.87. The second-order valence-corrected chi connectivity index (χ2v) is 12.1. The van der Waals surface area contributed by atoms with Crippen molar-refractivity contribution in [2.45, 2.75) is 57.7 Å². The van der Waals surface area contributed by atoms with Crippen LogP contribution in [-0.4, -0.2) is 64.1 Å². The molecule has 6 rings (SSSR count). The maximum absolute atomic E-state index is 11.4. The highest BCUT2D eigenvalue weighted by Crippen LogP contribution is 2.46. The Morgan fingerprint density at radius 3 is 2.17 bits per heavy atom. The number of carboxylic acid groups (broad SMARTS) is 1. The molecular formula is C32H36N4O5. The number of nitrogens with zero attached hydrogens (tertiary/aromatic N) is 4. The third-order valence-electron chi connectivity index (χ3n) is 8.73. The fraction of sp³-hybridized carbons (Fsp3) is 0.438. The number of benzene rings is 2. The lowest BCUT2D eigenvalue weighted by molar-refractivity contribution is -0.134. The molecule has 2 aromatic carbocycles. The summed E-state index contributed by atoms with van der Waals surface area (Å²) in [5.41, 5.74) is 3.11. The van der Waals surface area contributed by atoms with Gasteiger partial charge in [-0.25, -0.2) is 14.8 Å². The summed E-state index contributed by atoms with van der Waals surface area (Å²) >= 11 is 0. The number of hydrogen-bond acceptors (Lipinski definition) is 7. The van der Waals surface area contributed by atoms with E-state index < -0.39 is 6.09 Å². The summed E-state index contributed by atoms with van der Waals surface area (Å²) in [6.45, 7) is 7.47. The number of anilines is 1. The van der Waals surface area contributed by atoms with Crippen LogP contribution < -0.4 is 14.4 Å². The van der Waals surface area contributed by atoms with Gasteiger partial charge in [0.1, 0.15) is 30.0 Å². The van der Waals surface area contributed by atoms with Crippen molar-refractivity contribution < 1.29 is 24.2 Å². The smallest absolute Gasteiger partial charge is 0.407 e. The number of carbonyl (C=O) groups excluding carboxylic acids is 1. The standard InChI is InChI=1S/C32H36N4O5/c1-31(2,23-5-9-27(10-6-23)41-28-12-15-35(16-13-28)30(38)39)22-3-7-26(8-4-22)40-19-24-11-14-33-29(34-24)36-20-32(21-36)17-25(37)18-32/h3-11,14,28H,12-13,15-21H2,1-2H3,(H,38,39). The van der Waals surface area contributed by atoms with Gasteiger partial charge in [-0.2, -0.15) is 0 Å². The molecule has 3 aromatic rings. The highest BCUT2D eigenvalue weighted by Gasteiger charge is 2.52. The van der Waals surface area contributed by atoms with Crippen LogP contribution >= 0.6 is 0 Å². The minimum atomic E-state index is -0.862. The summed E-state index contributed by atoms with van der Waals surface area (Å²) in [5.74, 6) is 2.64. The molecule has 1 spiro atoms. The first-order valence-electron chi connectivity index (χ1n) is 14.3. The van der Waals surface area contributed by atoms with Gasteiger partial charge in [0.2, 0.25) is 5.95 Å². The molecule has 41 heavy (non-hydrogen) atoms. The van der Waals surface area contributed by atoms with Gasteiger partial charge in [0.15, 0.2) is 0 Å². The lowest BCUT2D eigenvalue weighted by Crippen LogP contribution is -2.63. The van der Waals surface area contributed by atoms with Crippen LogP contribution in [0.25, 0.3) is 0 Å². The van der Waals surface area contributed by atoms with E-state index in [-0.39, 0.29) is 16.9 Å². The Morgan fingerprint density at radius 1 is 0.976 bits per heavy atom. The maximum Gasteiger partial charge on any atom is 0.407 e. The first-order valence-corrected chi connectivity index (χ1v) is 14.3. The number of amides is 1. The first-order chi connectivity index (χ1) is 19.7. The minimum absolute atomic E-state index is 0.0352. The Bertz CT molecular complexity index is 1400. The van der Waals surface area contributed by atoms with Gasteiger partial charge >= 0.3 is 6.09 Å². The maximum atomic E-state index is 11.4. The fourth-order valence-electron chi connectivity index (χ4n) is 6.13. The topological polar surface area (TPSA) is 105 Å². The summed E-state index contributed by atoms with van der Waals surface area (Å²) in [7, 11) is 0. The molecule has 2 saturated heterocycles. The molecule has 3 heterocycles. The molecule has 9 nitrogen and oxygen atoms in total. The average Bonchev–Trinajstić information content (AvgIpc) is 2.94. The zero-order valence-electron chi connectivity index (χ0n) is 23.6. The van der Waals surface area contributed by atoms with Crippen LogP contribution in [0.15, 0.2) is 60.8 Å². The van der Waals surface area contributed by atoms with Gasteiger partial charge in [0, 0.05) is 68.9 Å². The minimum Gasteiger partial charge on any atom is -0.490 e. The van der Waals surface area contributed by atoms with E-state index in [4.69, 9.17) is 14.6 Å². The molecule has 0 unspecified atom stereocenters. The van der Waals surface area contributed by atoms with Crippen molar-refractivity contribution in [3.05, 3.63) is 77.6 Å². The zero-order valence-corrected chi connectivity index (χ0v) is 23.6. The Kier molecular flexibility index (Phi) is 7.05. The monoisotopic (exact) mass is 556 g/mol. The van der Waals surface area contributed by atoms with Crippen molar-refractivity contribution in [1.29, 1.82) is 0 Å². The fourth-order valence-corrected chi connectivity index (χ4v) is 6.13. The average molecular weight is 557 g/mol. The Balaban J connectivity index is 1.02. The number of carbonyl (C=O) groups is 2. The lowest BCUT2D eigenvalue weighted by Gasteiger charge is -2.54. The second-order valence-electron chi connectivity index (χ2n) is 12.1. The summed E-state index contributed by atoms with van der Waals surface area (Å²) in [6.07, 6.45) is 3.73. The predicted octanol–water partition coefficient (Wildman–Crippen LogP) is 5.07. The number of ketones is 1. The Labute approximate surface area is 240 Å². The van der Waals surface area contributed by atoms with Gasteiger partial charge in [-0.05, 0) is 41.5 Å². The summed E-state index contributed by atoms with van der Waals surface area (Å²) in [4.78, 5) is 35.2. The number of piperidine rings is 1. The molecule has 1 aromatic heterocycles. The molecule has 214 valence electrons. The van der Waals surface area contributed by atoms with Crippen LogP contribution in [0.3, 0.4) is 0 Å². The molecule has 1 N–H and O–H groups in total. The lowest BCUT2D eigenvalue weighted by atomic mass is 9.63. The first kappa shape index (κ1) is 27.1. The zero-order chi connectivity index (χ0) is 28.6. The Morgan fingerprint density at radius 2 is 1.59 bits per heavy atom. The third kappa shape index (κ3) is 5.71. The van der Waals surface area contributed by atoms with Gasteiger partial charge in [0.25, 0.3) is 0 Å². The van der Waals surface area contributed by atoms with E-state index in [2.05, 4.69) is 53.0 Å². The molecule has 0 radical (unpaired) electrons. The summed E-state index contributed by atoms with van der Waals surface area (Å²) in [5, 5.41) is 9.13. The van der Waals surface area contributed by atoms with Crippen LogP contribution in [-0.2, 0) is 16.8 Å².